The minimum atomic E-state index is -0.438. The van der Waals surface area contributed by atoms with Gasteiger partial charge in [0.2, 0.25) is 5.88 Å². The minimum absolute atomic E-state index is 0.141. The molecule has 1 aromatic heterocycles. The first-order chi connectivity index (χ1) is 13.5. The number of aromatic nitrogens is 2. The number of hydrogen-bond acceptors (Lipinski definition) is 4. The number of nitrogens with one attached hydrogen (secondary N) is 1. The number of benzene rings is 2. The molecule has 2 N–H and O–H groups in total. The molecule has 6 heteroatoms. The summed E-state index contributed by atoms with van der Waals surface area (Å²) in [6, 6.07) is 13.5. The first kappa shape index (κ1) is 18.1. The number of hydrogen-bond donors (Lipinski definition) is 2. The van der Waals surface area contributed by atoms with Gasteiger partial charge in [-0.25, -0.2) is 0 Å². The van der Waals surface area contributed by atoms with Gasteiger partial charge in [-0.05, 0) is 49.3 Å². The summed E-state index contributed by atoms with van der Waals surface area (Å²) >= 11 is 5.28. The lowest BCUT2D eigenvalue weighted by atomic mass is 10.0. The topological polar surface area (TPSA) is 70.4 Å². The van der Waals surface area contributed by atoms with Crippen LogP contribution in [-0.2, 0) is 6.42 Å². The molecule has 1 aliphatic heterocycles. The first-order valence-electron chi connectivity index (χ1n) is 9.03. The van der Waals surface area contributed by atoms with Crippen LogP contribution < -0.4 is 5.56 Å². The van der Waals surface area contributed by atoms with E-state index in [-0.39, 0.29) is 16.2 Å². The number of aliphatic imine (C=N–C) groups is 1. The number of aryl methyl sites for hydroxylation is 2. The van der Waals surface area contributed by atoms with Gasteiger partial charge < -0.3 is 5.11 Å². The molecule has 0 fully saturated rings. The lowest BCUT2D eigenvalue weighted by molar-refractivity contribution is 0.432. The van der Waals surface area contributed by atoms with E-state index in [9.17, 15) is 9.90 Å². The summed E-state index contributed by atoms with van der Waals surface area (Å²) in [7, 11) is 0. The van der Waals surface area contributed by atoms with Crippen molar-refractivity contribution in [2.45, 2.75) is 20.3 Å². The maximum Gasteiger partial charge on any atom is 0.262 e. The third kappa shape index (κ3) is 3.01. The number of H-pyrrole nitrogens is 1. The Kier molecular flexibility index (Phi) is 4.57. The number of aromatic amines is 1. The highest BCUT2D eigenvalue weighted by atomic mass is 32.1. The van der Waals surface area contributed by atoms with E-state index in [1.54, 1.807) is 12.3 Å². The molecule has 4 rings (SSSR count). The molecular formula is C22H19N3O2S. The number of rotatable bonds is 3. The fraction of sp³-hybridized carbons (Fsp3) is 0.136. The number of para-hydroxylation sites is 1. The van der Waals surface area contributed by atoms with Crippen molar-refractivity contribution in [2.75, 3.05) is 0 Å². The molecule has 0 spiro atoms. The maximum atomic E-state index is 12.5. The van der Waals surface area contributed by atoms with E-state index in [1.165, 1.54) is 4.57 Å². The van der Waals surface area contributed by atoms with Gasteiger partial charge in [-0.3, -0.25) is 19.3 Å². The van der Waals surface area contributed by atoms with Crippen molar-refractivity contribution in [3.05, 3.63) is 79.8 Å². The number of allylic oxidation sites excluding steroid dienone is 1. The van der Waals surface area contributed by atoms with E-state index >= 15 is 0 Å². The number of nitrogens with zero attached hydrogens (tertiary/aromatic N) is 2. The van der Waals surface area contributed by atoms with Crippen molar-refractivity contribution < 1.29 is 5.11 Å². The Hall–Kier alpha value is -3.25. The molecule has 5 nitrogen and oxygen atoms in total. The SMILES string of the molecule is CCc1cccc2c1N=C/C2=C\c1c(O)n(-c2ccc(C)cc2)c(=S)[nH]c1=O. The molecule has 0 amide bonds. The molecule has 2 heterocycles. The molecule has 28 heavy (non-hydrogen) atoms. The van der Waals surface area contributed by atoms with E-state index in [4.69, 9.17) is 12.2 Å². The van der Waals surface area contributed by atoms with Crippen LogP contribution in [0.15, 0.2) is 52.3 Å². The van der Waals surface area contributed by atoms with E-state index < -0.39 is 5.56 Å². The van der Waals surface area contributed by atoms with Gasteiger partial charge in [-0.15, -0.1) is 0 Å². The van der Waals surface area contributed by atoms with Crippen molar-refractivity contribution in [2.24, 2.45) is 4.99 Å². The minimum Gasteiger partial charge on any atom is -0.494 e. The average Bonchev–Trinajstić information content (AvgIpc) is 3.09. The summed E-state index contributed by atoms with van der Waals surface area (Å²) in [4.78, 5) is 19.7. The molecule has 0 atom stereocenters. The largest absolute Gasteiger partial charge is 0.494 e. The van der Waals surface area contributed by atoms with Crippen LogP contribution in [0.3, 0.4) is 0 Å². The van der Waals surface area contributed by atoms with Gasteiger partial charge in [0, 0.05) is 17.4 Å². The zero-order valence-corrected chi connectivity index (χ0v) is 16.4. The van der Waals surface area contributed by atoms with Gasteiger partial charge in [0.15, 0.2) is 4.77 Å². The molecule has 3 aromatic rings. The van der Waals surface area contributed by atoms with Crippen LogP contribution in [0.4, 0.5) is 5.69 Å². The zero-order valence-electron chi connectivity index (χ0n) is 15.6. The van der Waals surface area contributed by atoms with Crippen molar-refractivity contribution in [1.82, 2.24) is 9.55 Å². The van der Waals surface area contributed by atoms with Crippen LogP contribution in [0.1, 0.15) is 29.2 Å². The van der Waals surface area contributed by atoms with Crippen LogP contribution in [0, 0.1) is 11.7 Å². The molecule has 2 aromatic carbocycles. The summed E-state index contributed by atoms with van der Waals surface area (Å²) in [5.74, 6) is -0.196. The summed E-state index contributed by atoms with van der Waals surface area (Å²) in [6.07, 6.45) is 4.25. The Morgan fingerprint density at radius 3 is 2.68 bits per heavy atom. The summed E-state index contributed by atoms with van der Waals surface area (Å²) in [5, 5.41) is 10.9. The highest BCUT2D eigenvalue weighted by Crippen LogP contribution is 2.36. The molecule has 0 radical (unpaired) electrons. The molecule has 0 unspecified atom stereocenters. The van der Waals surface area contributed by atoms with Crippen LogP contribution in [0.5, 0.6) is 5.88 Å². The van der Waals surface area contributed by atoms with Crippen LogP contribution in [-0.4, -0.2) is 20.9 Å². The summed E-state index contributed by atoms with van der Waals surface area (Å²) in [5.41, 5.74) is 5.26. The summed E-state index contributed by atoms with van der Waals surface area (Å²) < 4.78 is 1.60. The lowest BCUT2D eigenvalue weighted by Crippen LogP contribution is -2.16. The predicted octanol–water partition coefficient (Wildman–Crippen LogP) is 4.73. The predicted molar refractivity (Wildman–Crippen MR) is 115 cm³/mol. The second-order valence-electron chi connectivity index (χ2n) is 6.69. The first-order valence-corrected chi connectivity index (χ1v) is 9.43. The van der Waals surface area contributed by atoms with E-state index in [0.717, 1.165) is 34.4 Å². The van der Waals surface area contributed by atoms with Gasteiger partial charge in [0.1, 0.15) is 5.56 Å². The van der Waals surface area contributed by atoms with Gasteiger partial charge in [-0.1, -0.05) is 42.8 Å². The van der Waals surface area contributed by atoms with Gasteiger partial charge in [-0.2, -0.15) is 0 Å². The Morgan fingerprint density at radius 1 is 1.21 bits per heavy atom. The highest BCUT2D eigenvalue weighted by Gasteiger charge is 2.18. The number of fused-ring (bicyclic) bond motifs is 1. The molecule has 0 saturated carbocycles. The zero-order chi connectivity index (χ0) is 19.8. The lowest BCUT2D eigenvalue weighted by Gasteiger charge is -2.12. The maximum absolute atomic E-state index is 12.5. The van der Waals surface area contributed by atoms with Crippen molar-refractivity contribution in [3.63, 3.8) is 0 Å². The third-order valence-electron chi connectivity index (χ3n) is 4.86. The molecule has 140 valence electrons. The van der Waals surface area contributed by atoms with Crippen molar-refractivity contribution in [1.29, 1.82) is 0 Å². The second kappa shape index (κ2) is 7.05. The van der Waals surface area contributed by atoms with Gasteiger partial charge >= 0.3 is 0 Å². The Balaban J connectivity index is 1.90. The molecule has 1 aliphatic rings. The van der Waals surface area contributed by atoms with Crippen LogP contribution >= 0.6 is 12.2 Å². The third-order valence-corrected chi connectivity index (χ3v) is 5.14. The van der Waals surface area contributed by atoms with Crippen LogP contribution in [0.2, 0.25) is 0 Å². The van der Waals surface area contributed by atoms with Crippen molar-refractivity contribution >= 4 is 35.8 Å². The van der Waals surface area contributed by atoms with Gasteiger partial charge in [0.25, 0.3) is 5.56 Å². The quantitative estimate of drug-likeness (QED) is 0.636. The fourth-order valence-electron chi connectivity index (χ4n) is 3.34. The normalized spacial score (nSPS) is 13.9. The second-order valence-corrected chi connectivity index (χ2v) is 7.08. The fourth-order valence-corrected chi connectivity index (χ4v) is 3.62. The monoisotopic (exact) mass is 389 g/mol. The van der Waals surface area contributed by atoms with Crippen molar-refractivity contribution in [3.8, 4) is 11.6 Å². The Bertz CT molecular complexity index is 1250. The van der Waals surface area contributed by atoms with Crippen LogP contribution in [0.25, 0.3) is 17.3 Å². The molecule has 0 saturated heterocycles. The van der Waals surface area contributed by atoms with Gasteiger partial charge in [0.05, 0.1) is 11.4 Å². The molecule has 0 bridgehead atoms. The number of aromatic hydroxyl groups is 1. The Morgan fingerprint density at radius 2 is 1.96 bits per heavy atom. The molecular weight excluding hydrogens is 370 g/mol. The van der Waals surface area contributed by atoms with E-state index in [2.05, 4.69) is 16.9 Å². The summed E-state index contributed by atoms with van der Waals surface area (Å²) in [6.45, 7) is 4.06. The highest BCUT2D eigenvalue weighted by molar-refractivity contribution is 7.71. The van der Waals surface area contributed by atoms with E-state index in [0.29, 0.717) is 5.69 Å². The smallest absolute Gasteiger partial charge is 0.262 e. The van der Waals surface area contributed by atoms with E-state index in [1.807, 2.05) is 49.4 Å². The average molecular weight is 389 g/mol. The standard InChI is InChI=1S/C22H19N3O2S/c1-3-14-5-4-6-17-15(12-23-19(14)17)11-18-20(26)24-22(28)25(21(18)27)16-9-7-13(2)8-10-16/h4-12,27H,3H2,1-2H3,(H,24,26,28)/b15-11+. The Labute approximate surface area is 167 Å². The molecule has 0 aliphatic carbocycles.